The number of benzene rings is 1. The summed E-state index contributed by atoms with van der Waals surface area (Å²) in [5.41, 5.74) is 1.05. The number of hydrogen-bond donors (Lipinski definition) is 2. The number of halogens is 1. The van der Waals surface area contributed by atoms with Crippen molar-refractivity contribution in [3.63, 3.8) is 0 Å². The normalized spacial score (nSPS) is 11.9. The number of aliphatic hydroxyl groups is 1. The molecule has 0 heterocycles. The van der Waals surface area contributed by atoms with Gasteiger partial charge in [0, 0.05) is 29.2 Å². The van der Waals surface area contributed by atoms with Crippen LogP contribution in [0.3, 0.4) is 0 Å². The molecule has 0 aliphatic carbocycles. The van der Waals surface area contributed by atoms with Crippen molar-refractivity contribution in [2.24, 2.45) is 0 Å². The van der Waals surface area contributed by atoms with Crippen molar-refractivity contribution in [1.29, 1.82) is 0 Å². The first-order chi connectivity index (χ1) is 8.67. The van der Waals surface area contributed by atoms with Gasteiger partial charge in [-0.25, -0.2) is 0 Å². The molecule has 0 aliphatic heterocycles. The Morgan fingerprint density at radius 2 is 2.33 bits per heavy atom. The monoisotopic (exact) mass is 311 g/mol. The smallest absolute Gasteiger partial charge is 0.148 e. The van der Waals surface area contributed by atoms with E-state index in [-0.39, 0.29) is 19.3 Å². The fraction of sp³-hybridized carbons (Fsp3) is 0.429. The lowest BCUT2D eigenvalue weighted by molar-refractivity contribution is 0.268. The quantitative estimate of drug-likeness (QED) is 0.759. The zero-order chi connectivity index (χ0) is 13.4. The Morgan fingerprint density at radius 3 is 3.00 bits per heavy atom. The van der Waals surface area contributed by atoms with E-state index in [0.29, 0.717) is 6.54 Å². The Hall–Kier alpha value is -1.02. The lowest BCUT2D eigenvalue weighted by Gasteiger charge is -2.15. The average molecular weight is 312 g/mol. The van der Waals surface area contributed by atoms with Crippen LogP contribution in [0.4, 0.5) is 0 Å². The van der Waals surface area contributed by atoms with E-state index >= 15 is 0 Å². The first-order valence-electron chi connectivity index (χ1n) is 5.86. The maximum atomic E-state index is 8.85. The second kappa shape index (κ2) is 8.15. The SMILES string of the molecule is C#CCOc1ccc(Br)cc1CNC(C)CCO. The van der Waals surface area contributed by atoms with E-state index in [1.807, 2.05) is 25.1 Å². The summed E-state index contributed by atoms with van der Waals surface area (Å²) in [7, 11) is 0. The minimum absolute atomic E-state index is 0.188. The van der Waals surface area contributed by atoms with Crippen LogP contribution in [0.25, 0.3) is 0 Å². The van der Waals surface area contributed by atoms with Crippen molar-refractivity contribution in [2.45, 2.75) is 25.9 Å². The lowest BCUT2D eigenvalue weighted by Crippen LogP contribution is -2.26. The summed E-state index contributed by atoms with van der Waals surface area (Å²) in [6, 6.07) is 6.08. The molecule has 0 saturated carbocycles. The van der Waals surface area contributed by atoms with Gasteiger partial charge in [0.2, 0.25) is 0 Å². The zero-order valence-corrected chi connectivity index (χ0v) is 12.0. The number of hydrogen-bond acceptors (Lipinski definition) is 3. The van der Waals surface area contributed by atoms with Gasteiger partial charge in [-0.2, -0.15) is 0 Å². The van der Waals surface area contributed by atoms with E-state index in [1.165, 1.54) is 0 Å². The maximum Gasteiger partial charge on any atom is 0.148 e. The molecule has 0 saturated heterocycles. The summed E-state index contributed by atoms with van der Waals surface area (Å²) in [4.78, 5) is 0. The highest BCUT2D eigenvalue weighted by Gasteiger charge is 2.06. The van der Waals surface area contributed by atoms with E-state index in [1.54, 1.807) is 0 Å². The Kier molecular flexibility index (Phi) is 6.81. The molecule has 0 spiro atoms. The molecule has 1 aromatic rings. The Morgan fingerprint density at radius 1 is 1.56 bits per heavy atom. The minimum Gasteiger partial charge on any atom is -0.481 e. The molecular formula is C14H18BrNO2. The molecule has 1 rings (SSSR count). The number of aliphatic hydroxyl groups excluding tert-OH is 1. The van der Waals surface area contributed by atoms with Gasteiger partial charge >= 0.3 is 0 Å². The third kappa shape index (κ3) is 5.09. The molecule has 18 heavy (non-hydrogen) atoms. The van der Waals surface area contributed by atoms with Gasteiger partial charge in [-0.3, -0.25) is 0 Å². The van der Waals surface area contributed by atoms with Gasteiger partial charge in [0.25, 0.3) is 0 Å². The highest BCUT2D eigenvalue weighted by Crippen LogP contribution is 2.23. The standard InChI is InChI=1S/C14H18BrNO2/c1-3-8-18-14-5-4-13(15)9-12(14)10-16-11(2)6-7-17/h1,4-5,9,11,16-17H,6-8,10H2,2H3. The molecule has 0 radical (unpaired) electrons. The van der Waals surface area contributed by atoms with Crippen molar-refractivity contribution >= 4 is 15.9 Å². The summed E-state index contributed by atoms with van der Waals surface area (Å²) >= 11 is 3.44. The second-order valence-corrected chi connectivity index (χ2v) is 4.95. The number of terminal acetylenes is 1. The van der Waals surface area contributed by atoms with Gasteiger partial charge in [0.1, 0.15) is 12.4 Å². The van der Waals surface area contributed by atoms with E-state index < -0.39 is 0 Å². The molecule has 1 aromatic carbocycles. The van der Waals surface area contributed by atoms with Crippen LogP contribution >= 0.6 is 15.9 Å². The molecule has 2 N–H and O–H groups in total. The second-order valence-electron chi connectivity index (χ2n) is 4.04. The van der Waals surface area contributed by atoms with Crippen LogP contribution in [0.1, 0.15) is 18.9 Å². The Balaban J connectivity index is 2.67. The fourth-order valence-corrected chi connectivity index (χ4v) is 1.93. The zero-order valence-electron chi connectivity index (χ0n) is 10.4. The molecule has 3 nitrogen and oxygen atoms in total. The van der Waals surface area contributed by atoms with Gasteiger partial charge in [-0.15, -0.1) is 6.42 Å². The maximum absolute atomic E-state index is 8.85. The van der Waals surface area contributed by atoms with Crippen molar-refractivity contribution in [2.75, 3.05) is 13.2 Å². The molecule has 0 fully saturated rings. The molecule has 0 amide bonds. The summed E-state index contributed by atoms with van der Waals surface area (Å²) in [6.07, 6.45) is 5.92. The third-order valence-corrected chi connectivity index (χ3v) is 3.03. The largest absolute Gasteiger partial charge is 0.481 e. The Labute approximate surface area is 117 Å². The molecule has 0 aromatic heterocycles. The van der Waals surface area contributed by atoms with Crippen LogP contribution in [0, 0.1) is 12.3 Å². The first-order valence-corrected chi connectivity index (χ1v) is 6.65. The van der Waals surface area contributed by atoms with Gasteiger partial charge in [0.05, 0.1) is 0 Å². The molecule has 98 valence electrons. The summed E-state index contributed by atoms with van der Waals surface area (Å²) in [5.74, 6) is 3.25. The van der Waals surface area contributed by atoms with Crippen molar-refractivity contribution < 1.29 is 9.84 Å². The van der Waals surface area contributed by atoms with E-state index in [0.717, 1.165) is 22.2 Å². The number of rotatable bonds is 7. The number of ether oxygens (including phenoxy) is 1. The van der Waals surface area contributed by atoms with Crippen LogP contribution in [0.15, 0.2) is 22.7 Å². The molecule has 4 heteroatoms. The Bertz CT molecular complexity index is 415. The van der Waals surface area contributed by atoms with Gasteiger partial charge in [0.15, 0.2) is 0 Å². The van der Waals surface area contributed by atoms with Crippen LogP contribution in [-0.2, 0) is 6.54 Å². The molecular weight excluding hydrogens is 294 g/mol. The van der Waals surface area contributed by atoms with Crippen LogP contribution in [0.2, 0.25) is 0 Å². The third-order valence-electron chi connectivity index (χ3n) is 2.54. The molecule has 0 aliphatic rings. The molecule has 1 atom stereocenters. The lowest BCUT2D eigenvalue weighted by atomic mass is 10.1. The highest BCUT2D eigenvalue weighted by atomic mass is 79.9. The predicted molar refractivity (Wildman–Crippen MR) is 76.5 cm³/mol. The highest BCUT2D eigenvalue weighted by molar-refractivity contribution is 9.10. The van der Waals surface area contributed by atoms with Crippen molar-refractivity contribution in [1.82, 2.24) is 5.32 Å². The molecule has 1 unspecified atom stereocenters. The van der Waals surface area contributed by atoms with Crippen LogP contribution < -0.4 is 10.1 Å². The summed E-state index contributed by atoms with van der Waals surface area (Å²) in [6.45, 7) is 3.17. The van der Waals surface area contributed by atoms with Crippen molar-refractivity contribution in [3.05, 3.63) is 28.2 Å². The summed E-state index contributed by atoms with van der Waals surface area (Å²) < 4.78 is 6.49. The average Bonchev–Trinajstić information content (AvgIpc) is 2.35. The first kappa shape index (κ1) is 15.0. The number of nitrogens with one attached hydrogen (secondary N) is 1. The van der Waals surface area contributed by atoms with Gasteiger partial charge in [-0.05, 0) is 31.5 Å². The van der Waals surface area contributed by atoms with E-state index in [9.17, 15) is 0 Å². The van der Waals surface area contributed by atoms with Crippen LogP contribution in [-0.4, -0.2) is 24.4 Å². The van der Waals surface area contributed by atoms with Crippen molar-refractivity contribution in [3.8, 4) is 18.1 Å². The van der Waals surface area contributed by atoms with Gasteiger partial charge < -0.3 is 15.2 Å². The predicted octanol–water partition coefficient (Wildman–Crippen LogP) is 2.32. The van der Waals surface area contributed by atoms with E-state index in [4.69, 9.17) is 16.3 Å². The van der Waals surface area contributed by atoms with Crippen LogP contribution in [0.5, 0.6) is 5.75 Å². The topological polar surface area (TPSA) is 41.5 Å². The molecule has 0 bridgehead atoms. The summed E-state index contributed by atoms with van der Waals surface area (Å²) in [5, 5.41) is 12.2. The fourth-order valence-electron chi connectivity index (χ4n) is 1.53. The minimum atomic E-state index is 0.188. The van der Waals surface area contributed by atoms with Gasteiger partial charge in [-0.1, -0.05) is 21.9 Å². The van der Waals surface area contributed by atoms with E-state index in [2.05, 4.69) is 27.2 Å².